The zero-order valence-electron chi connectivity index (χ0n) is 24.1. The van der Waals surface area contributed by atoms with E-state index in [1.165, 1.54) is 6.92 Å². The van der Waals surface area contributed by atoms with Gasteiger partial charge in [-0.05, 0) is 46.5 Å². The summed E-state index contributed by atoms with van der Waals surface area (Å²) in [6.07, 6.45) is -1.16. The van der Waals surface area contributed by atoms with Gasteiger partial charge in [0.25, 0.3) is 0 Å². The molecule has 43 heavy (non-hydrogen) atoms. The molecule has 1 fully saturated rings. The first kappa shape index (κ1) is 32.4. The summed E-state index contributed by atoms with van der Waals surface area (Å²) in [5.74, 6) is -1.21. The lowest BCUT2D eigenvalue weighted by molar-refractivity contribution is -0.154. The molecule has 4 atom stereocenters. The summed E-state index contributed by atoms with van der Waals surface area (Å²) >= 11 is 3.50. The number of hydrogen-bond acceptors (Lipinski definition) is 9. The van der Waals surface area contributed by atoms with E-state index in [1.54, 1.807) is 13.0 Å². The summed E-state index contributed by atoms with van der Waals surface area (Å²) in [5.41, 5.74) is 1.77. The molecular formula is C32H36BrNO9. The minimum Gasteiger partial charge on any atom is -0.461 e. The third kappa shape index (κ3) is 8.76. The third-order valence-corrected chi connectivity index (χ3v) is 7.69. The van der Waals surface area contributed by atoms with Crippen LogP contribution in [0.4, 0.5) is 4.79 Å². The van der Waals surface area contributed by atoms with E-state index >= 15 is 0 Å². The molecule has 11 heteroatoms. The number of ether oxygens (including phenoxy) is 4. The van der Waals surface area contributed by atoms with Crippen LogP contribution >= 0.6 is 15.9 Å². The highest BCUT2D eigenvalue weighted by molar-refractivity contribution is 9.10. The van der Waals surface area contributed by atoms with Crippen LogP contribution in [0.25, 0.3) is 0 Å². The van der Waals surface area contributed by atoms with E-state index in [4.69, 9.17) is 23.4 Å². The van der Waals surface area contributed by atoms with Crippen LogP contribution in [0.1, 0.15) is 55.1 Å². The summed E-state index contributed by atoms with van der Waals surface area (Å²) in [6.45, 7) is 3.74. The molecule has 1 aliphatic rings. The minimum atomic E-state index is -1.07. The molecule has 1 aromatic heterocycles. The van der Waals surface area contributed by atoms with Gasteiger partial charge in [0.05, 0.1) is 30.2 Å². The van der Waals surface area contributed by atoms with Gasteiger partial charge in [-0.25, -0.2) is 9.69 Å². The molecule has 0 radical (unpaired) electrons. The second-order valence-corrected chi connectivity index (χ2v) is 11.1. The Morgan fingerprint density at radius 2 is 1.81 bits per heavy atom. The quantitative estimate of drug-likeness (QED) is 0.166. The average molecular weight is 659 g/mol. The smallest absolute Gasteiger partial charge is 0.417 e. The van der Waals surface area contributed by atoms with E-state index < -0.39 is 42.1 Å². The van der Waals surface area contributed by atoms with Gasteiger partial charge in [-0.1, -0.05) is 60.7 Å². The highest BCUT2D eigenvalue weighted by Crippen LogP contribution is 2.36. The van der Waals surface area contributed by atoms with Crippen molar-refractivity contribution in [2.75, 3.05) is 26.4 Å². The maximum absolute atomic E-state index is 13.6. The molecule has 0 aliphatic carbocycles. The molecule has 230 valence electrons. The molecule has 4 rings (SSSR count). The molecule has 2 amide bonds. The van der Waals surface area contributed by atoms with Crippen molar-refractivity contribution in [2.45, 2.75) is 51.5 Å². The summed E-state index contributed by atoms with van der Waals surface area (Å²) in [5, 5.41) is 9.62. The number of aliphatic hydroxyl groups is 1. The third-order valence-electron chi connectivity index (χ3n) is 7.02. The Bertz CT molecular complexity index is 1350. The second-order valence-electron chi connectivity index (χ2n) is 10.2. The Labute approximate surface area is 259 Å². The van der Waals surface area contributed by atoms with Crippen molar-refractivity contribution in [1.82, 2.24) is 4.90 Å². The van der Waals surface area contributed by atoms with E-state index in [-0.39, 0.29) is 25.6 Å². The fraction of sp³-hybridized carbons (Fsp3) is 0.406. The summed E-state index contributed by atoms with van der Waals surface area (Å²) in [4.78, 5) is 39.3. The molecule has 0 spiro atoms. The van der Waals surface area contributed by atoms with Gasteiger partial charge in [-0.3, -0.25) is 9.59 Å². The second kappa shape index (κ2) is 15.8. The van der Waals surface area contributed by atoms with Crippen molar-refractivity contribution in [1.29, 1.82) is 0 Å². The molecule has 0 unspecified atom stereocenters. The van der Waals surface area contributed by atoms with Crippen molar-refractivity contribution < 1.29 is 42.9 Å². The number of carbonyl (C=O) groups is 3. The van der Waals surface area contributed by atoms with Crippen molar-refractivity contribution in [2.24, 2.45) is 5.92 Å². The van der Waals surface area contributed by atoms with Crippen LogP contribution < -0.4 is 0 Å². The van der Waals surface area contributed by atoms with Crippen LogP contribution in [0, 0.1) is 5.92 Å². The number of esters is 1. The minimum absolute atomic E-state index is 0.0380. The summed E-state index contributed by atoms with van der Waals surface area (Å²) in [6, 6.07) is 19.9. The van der Waals surface area contributed by atoms with Gasteiger partial charge in [0.1, 0.15) is 30.3 Å². The average Bonchev–Trinajstić information content (AvgIpc) is 3.59. The van der Waals surface area contributed by atoms with E-state index in [0.29, 0.717) is 36.3 Å². The lowest BCUT2D eigenvalue weighted by Gasteiger charge is -2.27. The molecule has 1 N–H and O–H groups in total. The number of furan rings is 1. The predicted octanol–water partition coefficient (Wildman–Crippen LogP) is 5.53. The van der Waals surface area contributed by atoms with Gasteiger partial charge in [0, 0.05) is 20.0 Å². The predicted molar refractivity (Wildman–Crippen MR) is 159 cm³/mol. The maximum Gasteiger partial charge on any atom is 0.417 e. The van der Waals surface area contributed by atoms with E-state index in [0.717, 1.165) is 16.0 Å². The first-order valence-corrected chi connectivity index (χ1v) is 14.9. The van der Waals surface area contributed by atoms with Gasteiger partial charge >= 0.3 is 12.1 Å². The number of carbonyl (C=O) groups excluding carboxylic acids is 3. The first-order valence-electron chi connectivity index (χ1n) is 14.1. The fourth-order valence-electron chi connectivity index (χ4n) is 4.75. The number of aryl methyl sites for hydroxylation is 1. The maximum atomic E-state index is 13.6. The van der Waals surface area contributed by atoms with E-state index in [9.17, 15) is 19.5 Å². The van der Waals surface area contributed by atoms with Crippen LogP contribution in [-0.2, 0) is 41.6 Å². The van der Waals surface area contributed by atoms with Crippen molar-refractivity contribution >= 4 is 33.9 Å². The molecule has 3 aromatic rings. The number of rotatable bonds is 15. The number of cyclic esters (lactones) is 1. The lowest BCUT2D eigenvalue weighted by atomic mass is 9.98. The monoisotopic (exact) mass is 657 g/mol. The zero-order valence-corrected chi connectivity index (χ0v) is 25.7. The van der Waals surface area contributed by atoms with E-state index in [1.807, 2.05) is 60.7 Å². The van der Waals surface area contributed by atoms with Crippen LogP contribution in [0.15, 0.2) is 75.6 Å². The Morgan fingerprint density at radius 3 is 2.49 bits per heavy atom. The first-order chi connectivity index (χ1) is 20.8. The molecule has 2 aromatic carbocycles. The van der Waals surface area contributed by atoms with Crippen LogP contribution in [-0.4, -0.2) is 60.5 Å². The molecule has 0 saturated carbocycles. The number of halogens is 1. The van der Waals surface area contributed by atoms with Crippen LogP contribution in [0.5, 0.6) is 0 Å². The van der Waals surface area contributed by atoms with Gasteiger partial charge in [0.2, 0.25) is 5.91 Å². The number of hydrogen-bond donors (Lipinski definition) is 1. The SMILES string of the molecule is CC(=O)O[C@H](c1cc(Br)c(CCCOC[C@@H](CO)OCc2ccccc2)o1)[C@H](C)C(=O)N1C(=O)OC[C@@H]1c1ccccc1. The van der Waals surface area contributed by atoms with Gasteiger partial charge < -0.3 is 28.5 Å². The van der Waals surface area contributed by atoms with Gasteiger partial charge in [0.15, 0.2) is 6.10 Å². The number of aliphatic hydroxyl groups excluding tert-OH is 1. The van der Waals surface area contributed by atoms with Crippen LogP contribution in [0.2, 0.25) is 0 Å². The summed E-state index contributed by atoms with van der Waals surface area (Å²) in [7, 11) is 0. The largest absolute Gasteiger partial charge is 0.461 e. The van der Waals surface area contributed by atoms with Gasteiger partial charge in [-0.2, -0.15) is 0 Å². The molecule has 10 nitrogen and oxygen atoms in total. The number of imide groups is 1. The Hall–Kier alpha value is -3.51. The zero-order chi connectivity index (χ0) is 30.8. The fourth-order valence-corrected chi connectivity index (χ4v) is 5.25. The molecule has 1 aliphatic heterocycles. The van der Waals surface area contributed by atoms with E-state index in [2.05, 4.69) is 15.9 Å². The standard InChI is InChI=1S/C32H36BrNO9/c1-21(31(37)34-27(20-41-32(34)38)24-12-7-4-8-13-24)30(42-22(2)36)29-16-26(33)28(43-29)14-9-15-39-19-25(17-35)40-18-23-10-5-3-6-11-23/h3-8,10-13,16,21,25,27,30,35H,9,14-15,17-20H2,1-2H3/t21-,25+,27+,30-/m0/s1. The summed E-state index contributed by atoms with van der Waals surface area (Å²) < 4.78 is 28.9. The molecule has 0 bridgehead atoms. The Morgan fingerprint density at radius 1 is 1.12 bits per heavy atom. The molecular weight excluding hydrogens is 622 g/mol. The Balaban J connectivity index is 1.34. The number of benzene rings is 2. The topological polar surface area (TPSA) is 125 Å². The van der Waals surface area contributed by atoms with Crippen molar-refractivity contribution in [3.05, 3.63) is 93.9 Å². The van der Waals surface area contributed by atoms with Gasteiger partial charge in [-0.15, -0.1) is 0 Å². The lowest BCUT2D eigenvalue weighted by Crippen LogP contribution is -2.40. The normalized spacial score (nSPS) is 16.9. The van der Waals surface area contributed by atoms with Crippen LogP contribution in [0.3, 0.4) is 0 Å². The number of nitrogens with zero attached hydrogens (tertiary/aromatic N) is 1. The Kier molecular flexibility index (Phi) is 11.9. The highest BCUT2D eigenvalue weighted by atomic mass is 79.9. The number of amides is 2. The van der Waals surface area contributed by atoms with Crippen molar-refractivity contribution in [3.63, 3.8) is 0 Å². The highest BCUT2D eigenvalue weighted by Gasteiger charge is 2.44. The molecule has 1 saturated heterocycles. The molecule has 2 heterocycles. The van der Waals surface area contributed by atoms with Crippen molar-refractivity contribution in [3.8, 4) is 0 Å².